The molecule has 0 bridgehead atoms. The Morgan fingerprint density at radius 3 is 2.88 bits per heavy atom. The molecular formula is C15H19ClN4O4. The molecule has 0 radical (unpaired) electrons. The Kier molecular flexibility index (Phi) is 6.10. The average molecular weight is 355 g/mol. The van der Waals surface area contributed by atoms with Gasteiger partial charge in [0.15, 0.2) is 0 Å². The van der Waals surface area contributed by atoms with Crippen molar-refractivity contribution in [1.29, 1.82) is 0 Å². The molecule has 24 heavy (non-hydrogen) atoms. The number of halogens is 1. The predicted octanol–water partition coefficient (Wildman–Crippen LogP) is 1.18. The molecule has 0 aliphatic carbocycles. The number of likely N-dealkylation sites (tertiary alicyclic amines) is 1. The van der Waals surface area contributed by atoms with Crippen molar-refractivity contribution in [3.05, 3.63) is 38.9 Å². The second kappa shape index (κ2) is 8.07. The first-order valence-electron chi connectivity index (χ1n) is 7.65. The standard InChI is InChI=1S/C15H19ClN4O4/c16-11-3-4-12(13(8-11)20(23)24)15(22)19-7-1-2-10(9-19)14(21)18-6-5-17/h3-4,8,10H,1-2,5-7,9,17H2,(H,18,21). The number of carbonyl (C=O) groups excluding carboxylic acids is 2. The molecular weight excluding hydrogens is 336 g/mol. The number of nitrogens with two attached hydrogens (primary N) is 1. The van der Waals surface area contributed by atoms with Crippen LogP contribution in [0.2, 0.25) is 5.02 Å². The molecule has 130 valence electrons. The average Bonchev–Trinajstić information content (AvgIpc) is 2.59. The summed E-state index contributed by atoms with van der Waals surface area (Å²) in [6, 6.07) is 3.95. The van der Waals surface area contributed by atoms with Crippen LogP contribution in [0, 0.1) is 16.0 Å². The Balaban J connectivity index is 2.15. The van der Waals surface area contributed by atoms with Crippen molar-refractivity contribution in [2.75, 3.05) is 26.2 Å². The third-order valence-corrected chi connectivity index (χ3v) is 4.14. The summed E-state index contributed by atoms with van der Waals surface area (Å²) in [4.78, 5) is 36.7. The first kappa shape index (κ1) is 18.2. The molecule has 8 nitrogen and oxygen atoms in total. The van der Waals surface area contributed by atoms with Crippen molar-refractivity contribution in [2.24, 2.45) is 11.7 Å². The van der Waals surface area contributed by atoms with Crippen molar-refractivity contribution in [3.8, 4) is 0 Å². The Bertz CT molecular complexity index is 652. The maximum atomic E-state index is 12.6. The molecule has 1 aromatic rings. The van der Waals surface area contributed by atoms with Crippen molar-refractivity contribution in [1.82, 2.24) is 10.2 Å². The van der Waals surface area contributed by atoms with Gasteiger partial charge in [-0.2, -0.15) is 0 Å². The molecule has 3 N–H and O–H groups in total. The monoisotopic (exact) mass is 354 g/mol. The molecule has 0 saturated carbocycles. The molecule has 1 aliphatic heterocycles. The topological polar surface area (TPSA) is 119 Å². The largest absolute Gasteiger partial charge is 0.355 e. The summed E-state index contributed by atoms with van der Waals surface area (Å²) >= 11 is 5.77. The number of hydrogen-bond donors (Lipinski definition) is 2. The van der Waals surface area contributed by atoms with Crippen molar-refractivity contribution < 1.29 is 14.5 Å². The fourth-order valence-electron chi connectivity index (χ4n) is 2.72. The number of hydrogen-bond acceptors (Lipinski definition) is 5. The summed E-state index contributed by atoms with van der Waals surface area (Å²) in [5.74, 6) is -0.946. The summed E-state index contributed by atoms with van der Waals surface area (Å²) in [6.45, 7) is 1.41. The smallest absolute Gasteiger partial charge is 0.283 e. The van der Waals surface area contributed by atoms with Gasteiger partial charge in [-0.3, -0.25) is 19.7 Å². The van der Waals surface area contributed by atoms with E-state index in [1.807, 2.05) is 0 Å². The minimum absolute atomic E-state index is 0.0209. The van der Waals surface area contributed by atoms with Gasteiger partial charge >= 0.3 is 0 Å². The number of carbonyl (C=O) groups is 2. The minimum atomic E-state index is -0.630. The van der Waals surface area contributed by atoms with Crippen LogP contribution in [-0.2, 0) is 4.79 Å². The number of rotatable bonds is 5. The Morgan fingerprint density at radius 1 is 1.46 bits per heavy atom. The van der Waals surface area contributed by atoms with Gasteiger partial charge in [-0.15, -0.1) is 0 Å². The van der Waals surface area contributed by atoms with E-state index in [9.17, 15) is 19.7 Å². The third-order valence-electron chi connectivity index (χ3n) is 3.91. The first-order valence-corrected chi connectivity index (χ1v) is 8.03. The highest BCUT2D eigenvalue weighted by molar-refractivity contribution is 6.31. The van der Waals surface area contributed by atoms with E-state index in [-0.39, 0.29) is 34.6 Å². The number of benzene rings is 1. The molecule has 2 amide bonds. The first-order chi connectivity index (χ1) is 11.4. The number of nitro groups is 1. The molecule has 9 heteroatoms. The normalized spacial score (nSPS) is 17.4. The fraction of sp³-hybridized carbons (Fsp3) is 0.467. The molecule has 2 rings (SSSR count). The van der Waals surface area contributed by atoms with Crippen LogP contribution in [0.15, 0.2) is 18.2 Å². The number of piperidine rings is 1. The van der Waals surface area contributed by atoms with E-state index >= 15 is 0 Å². The number of nitrogens with one attached hydrogen (secondary N) is 1. The van der Waals surface area contributed by atoms with E-state index in [0.717, 1.165) is 6.07 Å². The van der Waals surface area contributed by atoms with Crippen molar-refractivity contribution in [3.63, 3.8) is 0 Å². The Hall–Kier alpha value is -2.19. The molecule has 1 saturated heterocycles. The van der Waals surface area contributed by atoms with Gasteiger partial charge in [0.05, 0.1) is 10.8 Å². The lowest BCUT2D eigenvalue weighted by Gasteiger charge is -2.32. The predicted molar refractivity (Wildman–Crippen MR) is 88.8 cm³/mol. The van der Waals surface area contributed by atoms with Crippen molar-refractivity contribution in [2.45, 2.75) is 12.8 Å². The highest BCUT2D eigenvalue weighted by atomic mass is 35.5. The quantitative estimate of drug-likeness (QED) is 0.607. The molecule has 1 fully saturated rings. The second-order valence-corrected chi connectivity index (χ2v) is 6.03. The van der Waals surface area contributed by atoms with E-state index in [1.165, 1.54) is 17.0 Å². The van der Waals surface area contributed by atoms with Gasteiger partial charge in [-0.25, -0.2) is 0 Å². The van der Waals surface area contributed by atoms with E-state index in [0.29, 0.717) is 32.5 Å². The van der Waals surface area contributed by atoms with Crippen LogP contribution < -0.4 is 11.1 Å². The Labute approximate surface area is 144 Å². The number of amides is 2. The zero-order valence-electron chi connectivity index (χ0n) is 13.0. The van der Waals surface area contributed by atoms with Crippen LogP contribution in [0.4, 0.5) is 5.69 Å². The molecule has 0 aromatic heterocycles. The zero-order chi connectivity index (χ0) is 17.7. The Morgan fingerprint density at radius 2 is 2.21 bits per heavy atom. The molecule has 1 aliphatic rings. The lowest BCUT2D eigenvalue weighted by molar-refractivity contribution is -0.385. The maximum Gasteiger partial charge on any atom is 0.283 e. The fourth-order valence-corrected chi connectivity index (χ4v) is 2.89. The highest BCUT2D eigenvalue weighted by Gasteiger charge is 2.31. The third kappa shape index (κ3) is 4.21. The van der Waals surface area contributed by atoms with Gasteiger partial charge in [0, 0.05) is 37.3 Å². The number of nitro benzene ring substituents is 1. The van der Waals surface area contributed by atoms with Crippen molar-refractivity contribution >= 4 is 29.1 Å². The summed E-state index contributed by atoms with van der Waals surface area (Å²) in [6.07, 6.45) is 1.33. The van der Waals surface area contributed by atoms with Gasteiger partial charge in [0.2, 0.25) is 5.91 Å². The van der Waals surface area contributed by atoms with Gasteiger partial charge < -0.3 is 16.0 Å². The molecule has 1 aromatic carbocycles. The van der Waals surface area contributed by atoms with Crippen LogP contribution in [0.25, 0.3) is 0 Å². The van der Waals surface area contributed by atoms with Crippen LogP contribution in [0.5, 0.6) is 0 Å². The van der Waals surface area contributed by atoms with Crippen LogP contribution >= 0.6 is 11.6 Å². The van der Waals surface area contributed by atoms with Crippen LogP contribution in [0.3, 0.4) is 0 Å². The van der Waals surface area contributed by atoms with Crippen LogP contribution in [-0.4, -0.2) is 47.8 Å². The van der Waals surface area contributed by atoms with E-state index in [1.54, 1.807) is 0 Å². The summed E-state index contributed by atoms with van der Waals surface area (Å²) in [7, 11) is 0. The lowest BCUT2D eigenvalue weighted by Crippen LogP contribution is -2.46. The summed E-state index contributed by atoms with van der Waals surface area (Å²) in [5.41, 5.74) is 5.01. The molecule has 1 heterocycles. The maximum absolute atomic E-state index is 12.6. The van der Waals surface area contributed by atoms with Gasteiger partial charge in [0.25, 0.3) is 11.6 Å². The van der Waals surface area contributed by atoms with Crippen LogP contribution in [0.1, 0.15) is 23.2 Å². The molecule has 1 atom stereocenters. The van der Waals surface area contributed by atoms with Gasteiger partial charge in [-0.05, 0) is 25.0 Å². The SMILES string of the molecule is NCCNC(=O)C1CCCN(C(=O)c2ccc(Cl)cc2[N+](=O)[O-])C1. The number of nitrogens with zero attached hydrogens (tertiary/aromatic N) is 2. The summed E-state index contributed by atoms with van der Waals surface area (Å²) in [5, 5.41) is 14.1. The van der Waals surface area contributed by atoms with E-state index < -0.39 is 10.8 Å². The molecule has 0 spiro atoms. The van der Waals surface area contributed by atoms with Gasteiger partial charge in [-0.1, -0.05) is 11.6 Å². The molecule has 1 unspecified atom stereocenters. The summed E-state index contributed by atoms with van der Waals surface area (Å²) < 4.78 is 0. The second-order valence-electron chi connectivity index (χ2n) is 5.59. The highest BCUT2D eigenvalue weighted by Crippen LogP contribution is 2.26. The van der Waals surface area contributed by atoms with Gasteiger partial charge in [0.1, 0.15) is 5.56 Å². The minimum Gasteiger partial charge on any atom is -0.355 e. The van der Waals surface area contributed by atoms with E-state index in [2.05, 4.69) is 5.32 Å². The zero-order valence-corrected chi connectivity index (χ0v) is 13.8. The van der Waals surface area contributed by atoms with E-state index in [4.69, 9.17) is 17.3 Å². The lowest BCUT2D eigenvalue weighted by atomic mass is 9.96.